The van der Waals surface area contributed by atoms with Crippen LogP contribution in [0.5, 0.6) is 0 Å². The van der Waals surface area contributed by atoms with Crippen molar-refractivity contribution in [1.82, 2.24) is 4.90 Å². The Labute approximate surface area is 86.9 Å². The number of nitriles is 1. The Balaban J connectivity index is 2.91. The van der Waals surface area contributed by atoms with Crippen LogP contribution >= 0.6 is 15.9 Å². The van der Waals surface area contributed by atoms with Gasteiger partial charge in [0.15, 0.2) is 0 Å². The molecule has 0 atom stereocenters. The summed E-state index contributed by atoms with van der Waals surface area (Å²) in [6.07, 6.45) is 0. The maximum absolute atomic E-state index is 8.70. The fraction of sp³-hybridized carbons (Fsp3) is 0.300. The lowest BCUT2D eigenvalue weighted by Crippen LogP contribution is -2.10. The van der Waals surface area contributed by atoms with Crippen molar-refractivity contribution < 1.29 is 0 Å². The molecule has 0 aliphatic carbocycles. The molecule has 0 aliphatic rings. The molecule has 2 nitrogen and oxygen atoms in total. The zero-order valence-electron chi connectivity index (χ0n) is 7.71. The highest BCUT2D eigenvalue weighted by Gasteiger charge is 2.00. The van der Waals surface area contributed by atoms with Crippen LogP contribution in [0.4, 0.5) is 0 Å². The van der Waals surface area contributed by atoms with E-state index in [1.165, 1.54) is 5.56 Å². The van der Waals surface area contributed by atoms with Crippen molar-refractivity contribution in [1.29, 1.82) is 5.26 Å². The molecule has 13 heavy (non-hydrogen) atoms. The number of nitrogens with zero attached hydrogens (tertiary/aromatic N) is 2. The monoisotopic (exact) mass is 238 g/mol. The van der Waals surface area contributed by atoms with Crippen LogP contribution < -0.4 is 0 Å². The van der Waals surface area contributed by atoms with Crippen LogP contribution in [0.25, 0.3) is 0 Å². The van der Waals surface area contributed by atoms with Crippen molar-refractivity contribution in [3.8, 4) is 6.07 Å². The van der Waals surface area contributed by atoms with Gasteiger partial charge in [-0.1, -0.05) is 6.07 Å². The van der Waals surface area contributed by atoms with Gasteiger partial charge in [-0.3, -0.25) is 0 Å². The fourth-order valence-corrected chi connectivity index (χ4v) is 1.63. The topological polar surface area (TPSA) is 27.0 Å². The van der Waals surface area contributed by atoms with Crippen LogP contribution in [0, 0.1) is 11.3 Å². The molecule has 0 unspecified atom stereocenters. The van der Waals surface area contributed by atoms with Gasteiger partial charge >= 0.3 is 0 Å². The summed E-state index contributed by atoms with van der Waals surface area (Å²) in [5.74, 6) is 0. The third kappa shape index (κ3) is 2.83. The maximum atomic E-state index is 8.70. The average Bonchev–Trinajstić information content (AvgIpc) is 2.03. The van der Waals surface area contributed by atoms with E-state index in [-0.39, 0.29) is 0 Å². The summed E-state index contributed by atoms with van der Waals surface area (Å²) in [4.78, 5) is 2.09. The van der Waals surface area contributed by atoms with Crippen molar-refractivity contribution in [3.63, 3.8) is 0 Å². The van der Waals surface area contributed by atoms with E-state index < -0.39 is 0 Å². The Kier molecular flexibility index (Phi) is 3.47. The van der Waals surface area contributed by atoms with Gasteiger partial charge in [-0.15, -0.1) is 0 Å². The molecule has 68 valence electrons. The number of hydrogen-bond acceptors (Lipinski definition) is 2. The minimum atomic E-state index is 0.683. The van der Waals surface area contributed by atoms with E-state index in [2.05, 4.69) is 26.9 Å². The second-order valence-electron chi connectivity index (χ2n) is 3.16. The minimum absolute atomic E-state index is 0.683. The van der Waals surface area contributed by atoms with E-state index >= 15 is 0 Å². The van der Waals surface area contributed by atoms with E-state index in [9.17, 15) is 0 Å². The number of rotatable bonds is 2. The molecule has 1 rings (SSSR count). The molecular weight excluding hydrogens is 228 g/mol. The van der Waals surface area contributed by atoms with E-state index in [1.54, 1.807) is 0 Å². The Morgan fingerprint density at radius 2 is 2.15 bits per heavy atom. The molecule has 1 aromatic carbocycles. The molecule has 0 amide bonds. The first-order valence-electron chi connectivity index (χ1n) is 3.96. The van der Waals surface area contributed by atoms with E-state index in [0.717, 1.165) is 11.0 Å². The molecule has 0 N–H and O–H groups in total. The Morgan fingerprint density at radius 3 is 2.62 bits per heavy atom. The van der Waals surface area contributed by atoms with Crippen LogP contribution in [0.2, 0.25) is 0 Å². The summed E-state index contributed by atoms with van der Waals surface area (Å²) in [6, 6.07) is 7.91. The summed E-state index contributed by atoms with van der Waals surface area (Å²) < 4.78 is 0.870. The lowest BCUT2D eigenvalue weighted by atomic mass is 10.1. The highest BCUT2D eigenvalue weighted by atomic mass is 79.9. The van der Waals surface area contributed by atoms with Crippen LogP contribution in [0.1, 0.15) is 11.1 Å². The molecule has 1 aromatic rings. The number of hydrogen-bond donors (Lipinski definition) is 0. The van der Waals surface area contributed by atoms with Crippen LogP contribution in [-0.2, 0) is 6.54 Å². The van der Waals surface area contributed by atoms with Gasteiger partial charge < -0.3 is 4.90 Å². The molecule has 0 saturated heterocycles. The summed E-state index contributed by atoms with van der Waals surface area (Å²) in [5.41, 5.74) is 1.89. The second-order valence-corrected chi connectivity index (χ2v) is 4.02. The van der Waals surface area contributed by atoms with Crippen molar-refractivity contribution in [3.05, 3.63) is 33.8 Å². The third-order valence-electron chi connectivity index (χ3n) is 1.65. The Morgan fingerprint density at radius 1 is 1.46 bits per heavy atom. The van der Waals surface area contributed by atoms with E-state index in [4.69, 9.17) is 5.26 Å². The predicted octanol–water partition coefficient (Wildman–Crippen LogP) is 2.38. The molecule has 0 aromatic heterocycles. The standard InChI is InChI=1S/C10H11BrN2/c1-13(2)7-8-3-4-9(6-12)10(11)5-8/h3-5H,7H2,1-2H3. The normalized spacial score (nSPS) is 10.1. The molecule has 0 heterocycles. The van der Waals surface area contributed by atoms with Crippen molar-refractivity contribution in [2.24, 2.45) is 0 Å². The van der Waals surface area contributed by atoms with Gasteiger partial charge in [0.25, 0.3) is 0 Å². The first kappa shape index (κ1) is 10.2. The summed E-state index contributed by atoms with van der Waals surface area (Å²) in [5, 5.41) is 8.70. The quantitative estimate of drug-likeness (QED) is 0.792. The lowest BCUT2D eigenvalue weighted by Gasteiger charge is -2.09. The Bertz CT molecular complexity index is 339. The predicted molar refractivity (Wildman–Crippen MR) is 56.2 cm³/mol. The Hall–Kier alpha value is -0.850. The summed E-state index contributed by atoms with van der Waals surface area (Å²) in [7, 11) is 4.04. The van der Waals surface area contributed by atoms with Gasteiger partial charge in [0.05, 0.1) is 5.56 Å². The fourth-order valence-electron chi connectivity index (χ4n) is 1.11. The molecule has 0 fully saturated rings. The van der Waals surface area contributed by atoms with Gasteiger partial charge in [0, 0.05) is 11.0 Å². The average molecular weight is 239 g/mol. The first-order valence-corrected chi connectivity index (χ1v) is 4.76. The van der Waals surface area contributed by atoms with Crippen molar-refractivity contribution >= 4 is 15.9 Å². The van der Waals surface area contributed by atoms with Gasteiger partial charge in [-0.2, -0.15) is 5.26 Å². The molecular formula is C10H11BrN2. The number of benzene rings is 1. The van der Waals surface area contributed by atoms with Crippen molar-refractivity contribution in [2.45, 2.75) is 6.54 Å². The molecule has 3 heteroatoms. The zero-order chi connectivity index (χ0) is 9.84. The third-order valence-corrected chi connectivity index (χ3v) is 2.31. The smallest absolute Gasteiger partial charge is 0.100 e. The summed E-state index contributed by atoms with van der Waals surface area (Å²) >= 11 is 3.36. The molecule has 0 radical (unpaired) electrons. The SMILES string of the molecule is CN(C)Cc1ccc(C#N)c(Br)c1. The first-order chi connectivity index (χ1) is 6.13. The molecule has 0 saturated carbocycles. The van der Waals surface area contributed by atoms with Crippen LogP contribution in [-0.4, -0.2) is 19.0 Å². The molecule has 0 aliphatic heterocycles. The minimum Gasteiger partial charge on any atom is -0.305 e. The van der Waals surface area contributed by atoms with E-state index in [0.29, 0.717) is 5.56 Å². The van der Waals surface area contributed by atoms with Crippen molar-refractivity contribution in [2.75, 3.05) is 14.1 Å². The largest absolute Gasteiger partial charge is 0.305 e. The lowest BCUT2D eigenvalue weighted by molar-refractivity contribution is 0.402. The highest BCUT2D eigenvalue weighted by molar-refractivity contribution is 9.10. The zero-order valence-corrected chi connectivity index (χ0v) is 9.30. The maximum Gasteiger partial charge on any atom is 0.100 e. The number of halogens is 1. The molecule has 0 spiro atoms. The van der Waals surface area contributed by atoms with Crippen LogP contribution in [0.15, 0.2) is 22.7 Å². The van der Waals surface area contributed by atoms with Gasteiger partial charge in [-0.05, 0) is 47.7 Å². The highest BCUT2D eigenvalue weighted by Crippen LogP contribution is 2.18. The van der Waals surface area contributed by atoms with Gasteiger partial charge in [0.1, 0.15) is 6.07 Å². The van der Waals surface area contributed by atoms with Gasteiger partial charge in [0.2, 0.25) is 0 Å². The van der Waals surface area contributed by atoms with Crippen LogP contribution in [0.3, 0.4) is 0 Å². The van der Waals surface area contributed by atoms with E-state index in [1.807, 2.05) is 32.3 Å². The second kappa shape index (κ2) is 4.40. The van der Waals surface area contributed by atoms with Gasteiger partial charge in [-0.25, -0.2) is 0 Å². The summed E-state index contributed by atoms with van der Waals surface area (Å²) in [6.45, 7) is 0.893. The molecule has 0 bridgehead atoms.